The second-order valence-corrected chi connectivity index (χ2v) is 5.85. The Bertz CT molecular complexity index is 446. The Balaban J connectivity index is 1.80. The predicted octanol–water partition coefficient (Wildman–Crippen LogP) is 3.52. The van der Waals surface area contributed by atoms with Crippen LogP contribution in [0.2, 0.25) is 0 Å². The van der Waals surface area contributed by atoms with Crippen LogP contribution in [-0.2, 0) is 11.3 Å². The fourth-order valence-electron chi connectivity index (χ4n) is 3.05. The molecule has 0 aliphatic carbocycles. The molecule has 1 fully saturated rings. The standard InChI is InChI=1S/C18H28N2O2/c1-3-19(4-2)14-12-17-11-8-13-20(17)18(21)22-15-16-9-6-5-7-10-16/h5-7,9-10,17H,3-4,8,11-15H2,1-2H3/t17-/m1/s1. The molecule has 4 nitrogen and oxygen atoms in total. The molecule has 0 radical (unpaired) electrons. The fraction of sp³-hybridized carbons (Fsp3) is 0.611. The quantitative estimate of drug-likeness (QED) is 0.772. The highest BCUT2D eigenvalue weighted by molar-refractivity contribution is 5.68. The molecule has 1 amide bonds. The maximum atomic E-state index is 12.3. The maximum Gasteiger partial charge on any atom is 0.410 e. The molecule has 1 aromatic rings. The normalized spacial score (nSPS) is 18.0. The third-order valence-electron chi connectivity index (χ3n) is 4.49. The van der Waals surface area contributed by atoms with Gasteiger partial charge >= 0.3 is 6.09 Å². The van der Waals surface area contributed by atoms with Crippen molar-refractivity contribution in [2.24, 2.45) is 0 Å². The zero-order valence-corrected chi connectivity index (χ0v) is 13.8. The number of rotatable bonds is 7. The van der Waals surface area contributed by atoms with Crippen LogP contribution in [0.4, 0.5) is 4.79 Å². The maximum absolute atomic E-state index is 12.3. The lowest BCUT2D eigenvalue weighted by Gasteiger charge is -2.26. The van der Waals surface area contributed by atoms with E-state index < -0.39 is 0 Å². The van der Waals surface area contributed by atoms with Gasteiger partial charge in [0.2, 0.25) is 0 Å². The van der Waals surface area contributed by atoms with Gasteiger partial charge < -0.3 is 14.5 Å². The van der Waals surface area contributed by atoms with E-state index >= 15 is 0 Å². The Morgan fingerprint density at radius 3 is 2.68 bits per heavy atom. The van der Waals surface area contributed by atoms with Crippen LogP contribution in [-0.4, -0.2) is 48.1 Å². The molecule has 1 heterocycles. The van der Waals surface area contributed by atoms with Crippen molar-refractivity contribution < 1.29 is 9.53 Å². The van der Waals surface area contributed by atoms with E-state index in [0.717, 1.165) is 51.0 Å². The Kier molecular flexibility index (Phi) is 6.72. The Labute approximate surface area is 134 Å². The van der Waals surface area contributed by atoms with E-state index in [-0.39, 0.29) is 6.09 Å². The number of nitrogens with zero attached hydrogens (tertiary/aromatic N) is 2. The van der Waals surface area contributed by atoms with E-state index in [2.05, 4.69) is 18.7 Å². The van der Waals surface area contributed by atoms with Gasteiger partial charge in [0.25, 0.3) is 0 Å². The van der Waals surface area contributed by atoms with Gasteiger partial charge in [-0.3, -0.25) is 0 Å². The number of hydrogen-bond acceptors (Lipinski definition) is 3. The summed E-state index contributed by atoms with van der Waals surface area (Å²) < 4.78 is 5.48. The number of ether oxygens (including phenoxy) is 1. The number of hydrogen-bond donors (Lipinski definition) is 0. The predicted molar refractivity (Wildman–Crippen MR) is 88.8 cm³/mol. The van der Waals surface area contributed by atoms with Crippen LogP contribution in [0.15, 0.2) is 30.3 Å². The summed E-state index contributed by atoms with van der Waals surface area (Å²) in [6, 6.07) is 10.2. The minimum Gasteiger partial charge on any atom is -0.445 e. The highest BCUT2D eigenvalue weighted by Gasteiger charge is 2.29. The second-order valence-electron chi connectivity index (χ2n) is 5.85. The molecule has 0 unspecified atom stereocenters. The number of likely N-dealkylation sites (tertiary alicyclic amines) is 1. The summed E-state index contributed by atoms with van der Waals surface area (Å²) in [6.45, 7) is 8.76. The van der Waals surface area contributed by atoms with Crippen molar-refractivity contribution in [1.82, 2.24) is 9.80 Å². The molecule has 1 atom stereocenters. The number of amides is 1. The zero-order chi connectivity index (χ0) is 15.8. The summed E-state index contributed by atoms with van der Waals surface area (Å²) in [4.78, 5) is 16.6. The molecule has 122 valence electrons. The smallest absolute Gasteiger partial charge is 0.410 e. The minimum absolute atomic E-state index is 0.161. The Hall–Kier alpha value is -1.55. The van der Waals surface area contributed by atoms with Gasteiger partial charge in [-0.15, -0.1) is 0 Å². The summed E-state index contributed by atoms with van der Waals surface area (Å²) in [5, 5.41) is 0. The van der Waals surface area contributed by atoms with E-state index in [0.29, 0.717) is 12.6 Å². The highest BCUT2D eigenvalue weighted by Crippen LogP contribution is 2.21. The molecule has 1 aliphatic heterocycles. The van der Waals surface area contributed by atoms with Gasteiger partial charge in [-0.2, -0.15) is 0 Å². The van der Waals surface area contributed by atoms with Crippen LogP contribution in [0.3, 0.4) is 0 Å². The van der Waals surface area contributed by atoms with Crippen LogP contribution in [0.25, 0.3) is 0 Å². The first-order chi connectivity index (χ1) is 10.7. The van der Waals surface area contributed by atoms with Crippen LogP contribution in [0.5, 0.6) is 0 Å². The van der Waals surface area contributed by atoms with Gasteiger partial charge in [-0.1, -0.05) is 44.2 Å². The second kappa shape index (κ2) is 8.79. The largest absolute Gasteiger partial charge is 0.445 e. The molecule has 2 rings (SSSR count). The van der Waals surface area contributed by atoms with Crippen molar-refractivity contribution in [2.45, 2.75) is 45.8 Å². The topological polar surface area (TPSA) is 32.8 Å². The van der Waals surface area contributed by atoms with E-state index in [9.17, 15) is 4.79 Å². The third kappa shape index (κ3) is 4.73. The van der Waals surface area contributed by atoms with Crippen molar-refractivity contribution in [1.29, 1.82) is 0 Å². The molecule has 0 N–H and O–H groups in total. The molecule has 0 bridgehead atoms. The first-order valence-corrected chi connectivity index (χ1v) is 8.44. The van der Waals surface area contributed by atoms with Gasteiger partial charge in [-0.25, -0.2) is 4.79 Å². The lowest BCUT2D eigenvalue weighted by Crippen LogP contribution is -2.38. The first kappa shape index (κ1) is 16.8. The Morgan fingerprint density at radius 2 is 2.00 bits per heavy atom. The SMILES string of the molecule is CCN(CC)CC[C@H]1CCCN1C(=O)OCc1ccccc1. The number of benzene rings is 1. The van der Waals surface area contributed by atoms with Crippen LogP contribution >= 0.6 is 0 Å². The number of carbonyl (C=O) groups excluding carboxylic acids is 1. The molecule has 1 saturated heterocycles. The van der Waals surface area contributed by atoms with Crippen LogP contribution in [0.1, 0.15) is 38.7 Å². The first-order valence-electron chi connectivity index (χ1n) is 8.44. The fourth-order valence-corrected chi connectivity index (χ4v) is 3.05. The van der Waals surface area contributed by atoms with E-state index in [4.69, 9.17) is 4.74 Å². The number of carbonyl (C=O) groups is 1. The molecular formula is C18H28N2O2. The molecule has 22 heavy (non-hydrogen) atoms. The van der Waals surface area contributed by atoms with Crippen molar-refractivity contribution in [2.75, 3.05) is 26.2 Å². The van der Waals surface area contributed by atoms with Gasteiger partial charge in [0.1, 0.15) is 6.61 Å². The van der Waals surface area contributed by atoms with Crippen LogP contribution in [0, 0.1) is 0 Å². The van der Waals surface area contributed by atoms with Gasteiger partial charge in [0, 0.05) is 19.1 Å². The van der Waals surface area contributed by atoms with Crippen molar-refractivity contribution in [3.8, 4) is 0 Å². The minimum atomic E-state index is -0.161. The monoisotopic (exact) mass is 304 g/mol. The van der Waals surface area contributed by atoms with E-state index in [1.807, 2.05) is 35.2 Å². The van der Waals surface area contributed by atoms with Crippen molar-refractivity contribution in [3.05, 3.63) is 35.9 Å². The molecule has 0 spiro atoms. The molecule has 0 saturated carbocycles. The average molecular weight is 304 g/mol. The lowest BCUT2D eigenvalue weighted by molar-refractivity contribution is 0.0888. The van der Waals surface area contributed by atoms with E-state index in [1.165, 1.54) is 0 Å². The van der Waals surface area contributed by atoms with Crippen molar-refractivity contribution in [3.63, 3.8) is 0 Å². The summed E-state index contributed by atoms with van der Waals surface area (Å²) in [7, 11) is 0. The Morgan fingerprint density at radius 1 is 1.27 bits per heavy atom. The van der Waals surface area contributed by atoms with Gasteiger partial charge in [0.05, 0.1) is 0 Å². The van der Waals surface area contributed by atoms with E-state index in [1.54, 1.807) is 0 Å². The van der Waals surface area contributed by atoms with Crippen LogP contribution < -0.4 is 0 Å². The lowest BCUT2D eigenvalue weighted by atomic mass is 10.1. The highest BCUT2D eigenvalue weighted by atomic mass is 16.6. The van der Waals surface area contributed by atoms with Crippen molar-refractivity contribution >= 4 is 6.09 Å². The van der Waals surface area contributed by atoms with Gasteiger partial charge in [-0.05, 0) is 37.9 Å². The van der Waals surface area contributed by atoms with Gasteiger partial charge in [0.15, 0.2) is 0 Å². The zero-order valence-electron chi connectivity index (χ0n) is 13.8. The summed E-state index contributed by atoms with van der Waals surface area (Å²) >= 11 is 0. The average Bonchev–Trinajstić information content (AvgIpc) is 3.03. The molecule has 0 aromatic heterocycles. The molecule has 4 heteroatoms. The third-order valence-corrected chi connectivity index (χ3v) is 4.49. The summed E-state index contributed by atoms with van der Waals surface area (Å²) in [5.74, 6) is 0. The summed E-state index contributed by atoms with van der Waals surface area (Å²) in [5.41, 5.74) is 1.04. The molecule has 1 aliphatic rings. The summed E-state index contributed by atoms with van der Waals surface area (Å²) in [6.07, 6.45) is 3.07. The molecular weight excluding hydrogens is 276 g/mol. The molecule has 1 aromatic carbocycles.